The Morgan fingerprint density at radius 2 is 2.30 bits per heavy atom. The zero-order valence-electron chi connectivity index (χ0n) is 6.46. The highest BCUT2D eigenvalue weighted by Gasteiger charge is 1.83. The summed E-state index contributed by atoms with van der Waals surface area (Å²) in [6.07, 6.45) is 1.74. The van der Waals surface area contributed by atoms with Gasteiger partial charge in [0, 0.05) is 6.92 Å². The molecule has 0 spiro atoms. The molecule has 0 unspecified atom stereocenters. The van der Waals surface area contributed by atoms with Crippen LogP contribution in [0.3, 0.4) is 0 Å². The zero-order chi connectivity index (χ0) is 7.11. The number of aliphatic imine (C=N–C) groups is 1. The molecule has 0 radical (unpaired) electrons. The van der Waals surface area contributed by atoms with Crippen molar-refractivity contribution in [2.24, 2.45) is 4.99 Å². The van der Waals surface area contributed by atoms with Gasteiger partial charge in [-0.05, 0) is 6.92 Å². The van der Waals surface area contributed by atoms with Crippen molar-refractivity contribution < 1.29 is 4.74 Å². The highest BCUT2D eigenvalue weighted by molar-refractivity contribution is 5.85. The van der Waals surface area contributed by atoms with Crippen LogP contribution < -0.4 is 0 Å². The molecule has 3 heteroatoms. The Morgan fingerprint density at radius 1 is 1.70 bits per heavy atom. The molecule has 0 atom stereocenters. The molecule has 0 amide bonds. The van der Waals surface area contributed by atoms with Crippen molar-refractivity contribution in [1.29, 1.82) is 0 Å². The van der Waals surface area contributed by atoms with Gasteiger partial charge in [0.25, 0.3) is 0 Å². The van der Waals surface area contributed by atoms with E-state index < -0.39 is 0 Å². The minimum atomic E-state index is 0. The summed E-state index contributed by atoms with van der Waals surface area (Å²) < 4.78 is 5.05. The minimum Gasteiger partial charge on any atom is -0.481 e. The van der Waals surface area contributed by atoms with Crippen LogP contribution in [0.5, 0.6) is 0 Å². The second kappa shape index (κ2) is 8.50. The van der Waals surface area contributed by atoms with E-state index in [2.05, 4.69) is 11.6 Å². The molecule has 0 aliphatic carbocycles. The summed E-state index contributed by atoms with van der Waals surface area (Å²) in [7, 11) is 0. The standard InChI is InChI=1S/C7H13NO.ClH/c1-4-6-8-7(3)9-5-2;/h4H,1,5-6H2,2-3H3;1H. The second-order valence-corrected chi connectivity index (χ2v) is 1.58. The molecule has 10 heavy (non-hydrogen) atoms. The maximum Gasteiger partial charge on any atom is 0.180 e. The van der Waals surface area contributed by atoms with Gasteiger partial charge in [0.1, 0.15) is 0 Å². The van der Waals surface area contributed by atoms with Crippen LogP contribution in [-0.2, 0) is 4.74 Å². The van der Waals surface area contributed by atoms with Gasteiger partial charge in [-0.3, -0.25) is 4.99 Å². The van der Waals surface area contributed by atoms with Crippen LogP contribution in [0.15, 0.2) is 17.6 Å². The third kappa shape index (κ3) is 7.50. The van der Waals surface area contributed by atoms with Gasteiger partial charge >= 0.3 is 0 Å². The molecule has 0 aromatic carbocycles. The maximum absolute atomic E-state index is 5.05. The molecule has 2 nitrogen and oxygen atoms in total. The first-order chi connectivity index (χ1) is 4.31. The van der Waals surface area contributed by atoms with E-state index >= 15 is 0 Å². The van der Waals surface area contributed by atoms with Gasteiger partial charge in [-0.2, -0.15) is 0 Å². The third-order valence-electron chi connectivity index (χ3n) is 0.796. The summed E-state index contributed by atoms with van der Waals surface area (Å²) in [4.78, 5) is 4.01. The van der Waals surface area contributed by atoms with E-state index in [1.54, 1.807) is 6.08 Å². The predicted molar refractivity (Wildman–Crippen MR) is 47.0 cm³/mol. The molecular weight excluding hydrogens is 150 g/mol. The van der Waals surface area contributed by atoms with Crippen LogP contribution in [0.25, 0.3) is 0 Å². The molecule has 0 aliphatic rings. The van der Waals surface area contributed by atoms with E-state index in [1.165, 1.54) is 0 Å². The van der Waals surface area contributed by atoms with E-state index in [9.17, 15) is 0 Å². The number of rotatable bonds is 3. The molecule has 0 aromatic rings. The molecule has 0 N–H and O–H groups in total. The molecule has 0 aliphatic heterocycles. The van der Waals surface area contributed by atoms with Gasteiger partial charge < -0.3 is 4.74 Å². The van der Waals surface area contributed by atoms with Crippen molar-refractivity contribution in [3.8, 4) is 0 Å². The normalized spacial score (nSPS) is 10.0. The lowest BCUT2D eigenvalue weighted by Gasteiger charge is -1.98. The lowest BCUT2D eigenvalue weighted by molar-refractivity contribution is 0.323. The van der Waals surface area contributed by atoms with Gasteiger partial charge in [-0.1, -0.05) is 6.08 Å². The Balaban J connectivity index is 0. The van der Waals surface area contributed by atoms with Gasteiger partial charge in [-0.25, -0.2) is 0 Å². The smallest absolute Gasteiger partial charge is 0.180 e. The molecule has 0 saturated carbocycles. The van der Waals surface area contributed by atoms with E-state index in [4.69, 9.17) is 4.74 Å². The molecule has 0 aromatic heterocycles. The molecule has 0 bridgehead atoms. The van der Waals surface area contributed by atoms with E-state index in [0.717, 1.165) is 5.90 Å². The molecular formula is C7H14ClNO. The summed E-state index contributed by atoms with van der Waals surface area (Å²) >= 11 is 0. The Labute approximate surface area is 68.4 Å². The largest absolute Gasteiger partial charge is 0.481 e. The lowest BCUT2D eigenvalue weighted by atomic mass is 10.6. The van der Waals surface area contributed by atoms with Crippen molar-refractivity contribution in [3.05, 3.63) is 12.7 Å². The summed E-state index contributed by atoms with van der Waals surface area (Å²) in [5.41, 5.74) is 0. The van der Waals surface area contributed by atoms with Gasteiger partial charge in [-0.15, -0.1) is 19.0 Å². The van der Waals surface area contributed by atoms with Crippen molar-refractivity contribution in [1.82, 2.24) is 0 Å². The Bertz CT molecular complexity index is 112. The van der Waals surface area contributed by atoms with Crippen LogP contribution in [0.2, 0.25) is 0 Å². The van der Waals surface area contributed by atoms with Gasteiger partial charge in [0.15, 0.2) is 5.90 Å². The summed E-state index contributed by atoms with van der Waals surface area (Å²) in [6, 6.07) is 0. The third-order valence-corrected chi connectivity index (χ3v) is 0.796. The fourth-order valence-electron chi connectivity index (χ4n) is 0.448. The van der Waals surface area contributed by atoms with E-state index in [1.807, 2.05) is 13.8 Å². The first kappa shape index (κ1) is 12.2. The number of hydrogen-bond acceptors (Lipinski definition) is 2. The fraction of sp³-hybridized carbons (Fsp3) is 0.571. The van der Waals surface area contributed by atoms with Crippen molar-refractivity contribution in [2.45, 2.75) is 13.8 Å². The molecule has 0 fully saturated rings. The topological polar surface area (TPSA) is 21.6 Å². The highest BCUT2D eigenvalue weighted by atomic mass is 35.5. The monoisotopic (exact) mass is 163 g/mol. The Morgan fingerprint density at radius 3 is 2.70 bits per heavy atom. The molecule has 60 valence electrons. The number of halogens is 1. The summed E-state index contributed by atoms with van der Waals surface area (Å²) in [6.45, 7) is 8.64. The van der Waals surface area contributed by atoms with E-state index in [-0.39, 0.29) is 12.4 Å². The summed E-state index contributed by atoms with van der Waals surface area (Å²) in [5.74, 6) is 0.734. The van der Waals surface area contributed by atoms with Gasteiger partial charge in [0.05, 0.1) is 13.2 Å². The first-order valence-electron chi connectivity index (χ1n) is 3.06. The molecule has 0 heterocycles. The van der Waals surface area contributed by atoms with Crippen molar-refractivity contribution in [3.63, 3.8) is 0 Å². The number of ether oxygens (including phenoxy) is 1. The maximum atomic E-state index is 5.05. The van der Waals surface area contributed by atoms with Gasteiger partial charge in [0.2, 0.25) is 0 Å². The lowest BCUT2D eigenvalue weighted by Crippen LogP contribution is -1.98. The second-order valence-electron chi connectivity index (χ2n) is 1.58. The SMILES string of the molecule is C=CCN=C(C)OCC.Cl. The van der Waals surface area contributed by atoms with Crippen LogP contribution in [-0.4, -0.2) is 19.0 Å². The Kier molecular flexibility index (Phi) is 10.4. The van der Waals surface area contributed by atoms with Crippen LogP contribution >= 0.6 is 12.4 Å². The average Bonchev–Trinajstić information content (AvgIpc) is 1.85. The van der Waals surface area contributed by atoms with Crippen LogP contribution in [0.4, 0.5) is 0 Å². The average molecular weight is 164 g/mol. The zero-order valence-corrected chi connectivity index (χ0v) is 7.28. The highest BCUT2D eigenvalue weighted by Crippen LogP contribution is 1.81. The summed E-state index contributed by atoms with van der Waals surface area (Å²) in [5, 5.41) is 0. The molecule has 0 rings (SSSR count). The predicted octanol–water partition coefficient (Wildman–Crippen LogP) is 2.05. The van der Waals surface area contributed by atoms with E-state index in [0.29, 0.717) is 13.2 Å². The van der Waals surface area contributed by atoms with Crippen LogP contribution in [0.1, 0.15) is 13.8 Å². The van der Waals surface area contributed by atoms with Crippen molar-refractivity contribution >= 4 is 18.3 Å². The molecule has 0 saturated heterocycles. The first-order valence-corrected chi connectivity index (χ1v) is 3.06. The van der Waals surface area contributed by atoms with Crippen molar-refractivity contribution in [2.75, 3.05) is 13.2 Å². The Hall–Kier alpha value is -0.500. The number of nitrogens with zero attached hydrogens (tertiary/aromatic N) is 1. The fourth-order valence-corrected chi connectivity index (χ4v) is 0.448. The quantitative estimate of drug-likeness (QED) is 0.355. The minimum absolute atomic E-state index is 0. The number of hydrogen-bond donors (Lipinski definition) is 0. The van der Waals surface area contributed by atoms with Crippen LogP contribution in [0, 0.1) is 0 Å².